The lowest BCUT2D eigenvalue weighted by Gasteiger charge is -2.31. The third-order valence-electron chi connectivity index (χ3n) is 3.49. The molecule has 0 atom stereocenters. The maximum Gasteiger partial charge on any atom is 0.316 e. The lowest BCUT2D eigenvalue weighted by molar-refractivity contribution is -0.148. The second-order valence-corrected chi connectivity index (χ2v) is 4.34. The summed E-state index contributed by atoms with van der Waals surface area (Å²) in [4.78, 5) is 11.6. The molecule has 0 spiro atoms. The summed E-state index contributed by atoms with van der Waals surface area (Å²) >= 11 is 0. The van der Waals surface area contributed by atoms with Crippen LogP contribution in [0.15, 0.2) is 0 Å². The molecule has 0 radical (unpaired) electrons. The van der Waals surface area contributed by atoms with Gasteiger partial charge in [-0.2, -0.15) is 0 Å². The van der Waals surface area contributed by atoms with Gasteiger partial charge in [-0.1, -0.05) is 5.21 Å². The van der Waals surface area contributed by atoms with Crippen molar-refractivity contribution in [1.82, 2.24) is 15.0 Å². The van der Waals surface area contributed by atoms with Crippen molar-refractivity contribution in [3.05, 3.63) is 11.4 Å². The van der Waals surface area contributed by atoms with E-state index in [1.54, 1.807) is 4.68 Å². The molecule has 0 unspecified atom stereocenters. The Labute approximate surface area is 99.6 Å². The molecule has 1 fully saturated rings. The van der Waals surface area contributed by atoms with Crippen LogP contribution in [0.1, 0.15) is 31.2 Å². The second kappa shape index (κ2) is 4.44. The van der Waals surface area contributed by atoms with Gasteiger partial charge >= 0.3 is 5.97 Å². The molecule has 6 nitrogen and oxygen atoms in total. The Kier molecular flexibility index (Phi) is 3.15. The number of ether oxygens (including phenoxy) is 1. The minimum atomic E-state index is -0.921. The van der Waals surface area contributed by atoms with Crippen LogP contribution in [-0.4, -0.2) is 39.3 Å². The zero-order valence-electron chi connectivity index (χ0n) is 10.1. The molecule has 0 aromatic carbocycles. The maximum absolute atomic E-state index is 11.6. The Morgan fingerprint density at radius 2 is 2.18 bits per heavy atom. The van der Waals surface area contributed by atoms with Gasteiger partial charge in [0.15, 0.2) is 0 Å². The number of hydrogen-bond acceptors (Lipinski definition) is 4. The Morgan fingerprint density at radius 3 is 2.65 bits per heavy atom. The van der Waals surface area contributed by atoms with Gasteiger partial charge in [0.25, 0.3) is 0 Å². The molecule has 0 saturated carbocycles. The van der Waals surface area contributed by atoms with Crippen molar-refractivity contribution in [1.29, 1.82) is 0 Å². The molecular weight excluding hydrogens is 222 g/mol. The van der Waals surface area contributed by atoms with Crippen LogP contribution in [0.2, 0.25) is 0 Å². The number of aryl methyl sites for hydroxylation is 1. The van der Waals surface area contributed by atoms with E-state index in [1.807, 2.05) is 13.8 Å². The van der Waals surface area contributed by atoms with Gasteiger partial charge < -0.3 is 9.84 Å². The number of rotatable bonds is 3. The Balaban J connectivity index is 2.45. The monoisotopic (exact) mass is 239 g/mol. The molecule has 6 heteroatoms. The maximum atomic E-state index is 11.6. The van der Waals surface area contributed by atoms with E-state index in [0.717, 1.165) is 5.69 Å². The molecule has 1 aromatic heterocycles. The summed E-state index contributed by atoms with van der Waals surface area (Å²) in [7, 11) is 0. The highest BCUT2D eigenvalue weighted by molar-refractivity contribution is 5.81. The fourth-order valence-corrected chi connectivity index (χ4v) is 2.37. The molecule has 2 rings (SSSR count). The fraction of sp³-hybridized carbons (Fsp3) is 0.727. The van der Waals surface area contributed by atoms with Crippen LogP contribution in [0.25, 0.3) is 0 Å². The molecular formula is C11H17N3O3. The van der Waals surface area contributed by atoms with Crippen molar-refractivity contribution in [3.8, 4) is 0 Å². The third-order valence-corrected chi connectivity index (χ3v) is 3.49. The molecule has 94 valence electrons. The average Bonchev–Trinajstić information content (AvgIpc) is 2.71. The first-order chi connectivity index (χ1) is 8.12. The van der Waals surface area contributed by atoms with E-state index >= 15 is 0 Å². The van der Waals surface area contributed by atoms with Crippen LogP contribution in [0, 0.1) is 6.92 Å². The van der Waals surface area contributed by atoms with E-state index in [1.165, 1.54) is 0 Å². The number of nitrogens with zero attached hydrogens (tertiary/aromatic N) is 3. The van der Waals surface area contributed by atoms with E-state index in [2.05, 4.69) is 10.3 Å². The molecule has 17 heavy (non-hydrogen) atoms. The quantitative estimate of drug-likeness (QED) is 0.841. The number of aromatic nitrogens is 3. The number of carboxylic acids is 1. The second-order valence-electron chi connectivity index (χ2n) is 4.34. The number of hydrogen-bond donors (Lipinski definition) is 1. The standard InChI is InChI=1S/C11H17N3O3/c1-3-14-8(2)9(12-13-14)11(10(15)16)4-6-17-7-5-11/h3-7H2,1-2H3,(H,15,16). The van der Waals surface area contributed by atoms with Crippen LogP contribution in [-0.2, 0) is 21.5 Å². The molecule has 1 saturated heterocycles. The van der Waals surface area contributed by atoms with Crippen LogP contribution in [0.3, 0.4) is 0 Å². The number of carboxylic acid groups (broad SMARTS) is 1. The van der Waals surface area contributed by atoms with Crippen LogP contribution in [0.5, 0.6) is 0 Å². The summed E-state index contributed by atoms with van der Waals surface area (Å²) in [5, 5.41) is 17.6. The summed E-state index contributed by atoms with van der Waals surface area (Å²) < 4.78 is 6.98. The molecule has 0 bridgehead atoms. The summed E-state index contributed by atoms with van der Waals surface area (Å²) in [6.45, 7) is 5.46. The SMILES string of the molecule is CCn1nnc(C2(C(=O)O)CCOCC2)c1C. The topological polar surface area (TPSA) is 77.2 Å². The molecule has 2 heterocycles. The molecule has 0 amide bonds. The van der Waals surface area contributed by atoms with Crippen molar-refractivity contribution < 1.29 is 14.6 Å². The Morgan fingerprint density at radius 1 is 1.53 bits per heavy atom. The molecule has 0 aliphatic carbocycles. The first-order valence-electron chi connectivity index (χ1n) is 5.83. The van der Waals surface area contributed by atoms with Gasteiger partial charge in [0.05, 0.1) is 5.69 Å². The Hall–Kier alpha value is -1.43. The predicted molar refractivity (Wildman–Crippen MR) is 59.8 cm³/mol. The largest absolute Gasteiger partial charge is 0.481 e. The highest BCUT2D eigenvalue weighted by Gasteiger charge is 2.45. The zero-order chi connectivity index (χ0) is 12.5. The van der Waals surface area contributed by atoms with Gasteiger partial charge in [-0.3, -0.25) is 4.79 Å². The van der Waals surface area contributed by atoms with Gasteiger partial charge in [0.1, 0.15) is 11.1 Å². The summed E-state index contributed by atoms with van der Waals surface area (Å²) in [6, 6.07) is 0. The highest BCUT2D eigenvalue weighted by Crippen LogP contribution is 2.35. The van der Waals surface area contributed by atoms with E-state index in [0.29, 0.717) is 38.3 Å². The van der Waals surface area contributed by atoms with Crippen molar-refractivity contribution in [2.24, 2.45) is 0 Å². The molecule has 1 aromatic rings. The van der Waals surface area contributed by atoms with Crippen LogP contribution >= 0.6 is 0 Å². The third kappa shape index (κ3) is 1.82. The lowest BCUT2D eigenvalue weighted by Crippen LogP contribution is -2.42. The van der Waals surface area contributed by atoms with E-state index in [-0.39, 0.29) is 0 Å². The first-order valence-corrected chi connectivity index (χ1v) is 5.83. The molecule has 1 N–H and O–H groups in total. The molecule has 1 aliphatic heterocycles. The number of aliphatic carboxylic acids is 1. The van der Waals surface area contributed by atoms with Gasteiger partial charge in [0.2, 0.25) is 0 Å². The van der Waals surface area contributed by atoms with Gasteiger partial charge in [-0.05, 0) is 26.7 Å². The smallest absolute Gasteiger partial charge is 0.316 e. The van der Waals surface area contributed by atoms with Gasteiger partial charge in [-0.15, -0.1) is 5.10 Å². The predicted octanol–water partition coefficient (Wildman–Crippen LogP) is 0.739. The Bertz CT molecular complexity index is 422. The van der Waals surface area contributed by atoms with Crippen molar-refractivity contribution in [3.63, 3.8) is 0 Å². The van der Waals surface area contributed by atoms with Gasteiger partial charge in [-0.25, -0.2) is 4.68 Å². The zero-order valence-corrected chi connectivity index (χ0v) is 10.1. The van der Waals surface area contributed by atoms with Crippen molar-refractivity contribution in [2.45, 2.75) is 38.6 Å². The fourth-order valence-electron chi connectivity index (χ4n) is 2.37. The minimum Gasteiger partial charge on any atom is -0.481 e. The lowest BCUT2D eigenvalue weighted by atomic mass is 9.76. The van der Waals surface area contributed by atoms with Gasteiger partial charge in [0, 0.05) is 19.8 Å². The number of carbonyl (C=O) groups is 1. The first kappa shape index (κ1) is 12.0. The summed E-state index contributed by atoms with van der Waals surface area (Å²) in [5.74, 6) is -0.827. The van der Waals surface area contributed by atoms with Crippen LogP contribution in [0.4, 0.5) is 0 Å². The van der Waals surface area contributed by atoms with E-state index in [4.69, 9.17) is 4.74 Å². The summed E-state index contributed by atoms with van der Waals surface area (Å²) in [5.41, 5.74) is 0.516. The average molecular weight is 239 g/mol. The minimum absolute atomic E-state index is 0.463. The van der Waals surface area contributed by atoms with E-state index < -0.39 is 11.4 Å². The van der Waals surface area contributed by atoms with Crippen molar-refractivity contribution >= 4 is 5.97 Å². The van der Waals surface area contributed by atoms with Crippen LogP contribution < -0.4 is 0 Å². The summed E-state index contributed by atoms with van der Waals surface area (Å²) in [6.07, 6.45) is 0.928. The van der Waals surface area contributed by atoms with Crippen molar-refractivity contribution in [2.75, 3.05) is 13.2 Å². The van der Waals surface area contributed by atoms with E-state index in [9.17, 15) is 9.90 Å². The molecule has 1 aliphatic rings. The normalized spacial score (nSPS) is 19.2. The highest BCUT2D eigenvalue weighted by atomic mass is 16.5.